The molecule has 0 bridgehead atoms. The van der Waals surface area contributed by atoms with Crippen molar-refractivity contribution in [1.29, 1.82) is 0 Å². The van der Waals surface area contributed by atoms with Gasteiger partial charge in [0.05, 0.1) is 20.0 Å². The van der Waals surface area contributed by atoms with Crippen molar-refractivity contribution in [1.82, 2.24) is 14.5 Å². The fourth-order valence-electron chi connectivity index (χ4n) is 3.19. The molecule has 0 spiro atoms. The maximum Gasteiger partial charge on any atom is 0.233 e. The minimum atomic E-state index is 0.0319. The predicted octanol–water partition coefficient (Wildman–Crippen LogP) is 4.76. The van der Waals surface area contributed by atoms with E-state index < -0.39 is 0 Å². The second-order valence-corrected chi connectivity index (χ2v) is 8.50. The molecule has 1 aromatic heterocycles. The Labute approximate surface area is 188 Å². The van der Waals surface area contributed by atoms with E-state index >= 15 is 0 Å². The molecular formula is C24H29N3O3S. The lowest BCUT2D eigenvalue weighted by Gasteiger charge is -2.18. The molecule has 31 heavy (non-hydrogen) atoms. The summed E-state index contributed by atoms with van der Waals surface area (Å²) in [6, 6.07) is 14.1. The van der Waals surface area contributed by atoms with E-state index in [4.69, 9.17) is 9.47 Å². The van der Waals surface area contributed by atoms with Crippen molar-refractivity contribution >= 4 is 17.7 Å². The largest absolute Gasteiger partial charge is 0.493 e. The quantitative estimate of drug-likeness (QED) is 0.450. The highest BCUT2D eigenvalue weighted by Gasteiger charge is 2.14. The van der Waals surface area contributed by atoms with E-state index in [1.165, 1.54) is 17.3 Å². The van der Waals surface area contributed by atoms with Crippen molar-refractivity contribution in [2.45, 2.75) is 31.5 Å². The van der Waals surface area contributed by atoms with Gasteiger partial charge in [-0.1, -0.05) is 43.8 Å². The maximum absolute atomic E-state index is 12.7. The Bertz CT molecular complexity index is 1020. The van der Waals surface area contributed by atoms with Crippen molar-refractivity contribution in [3.63, 3.8) is 0 Å². The average Bonchev–Trinajstić information content (AvgIpc) is 3.25. The van der Waals surface area contributed by atoms with Crippen molar-refractivity contribution in [2.75, 3.05) is 27.0 Å². The molecule has 0 fully saturated rings. The van der Waals surface area contributed by atoms with Gasteiger partial charge in [0.25, 0.3) is 0 Å². The molecule has 0 aliphatic rings. The van der Waals surface area contributed by atoms with Crippen molar-refractivity contribution in [3.05, 3.63) is 66.0 Å². The van der Waals surface area contributed by atoms with Gasteiger partial charge in [-0.25, -0.2) is 4.98 Å². The molecule has 0 radical (unpaired) electrons. The number of carbonyl (C=O) groups excluding carboxylic acids is 1. The Kier molecular flexibility index (Phi) is 7.63. The number of imidazole rings is 1. The summed E-state index contributed by atoms with van der Waals surface area (Å²) in [5.74, 6) is 2.16. The molecule has 0 aliphatic heterocycles. The first-order valence-corrected chi connectivity index (χ1v) is 11.1. The minimum absolute atomic E-state index is 0.0319. The van der Waals surface area contributed by atoms with Crippen LogP contribution in [0, 0.1) is 0 Å². The number of rotatable bonds is 9. The normalized spacial score (nSPS) is 10.9. The number of hydrogen-bond donors (Lipinski definition) is 0. The zero-order valence-corrected chi connectivity index (χ0v) is 19.5. The number of thioether (sulfide) groups is 1. The molecule has 2 aromatic carbocycles. The zero-order valence-electron chi connectivity index (χ0n) is 18.7. The summed E-state index contributed by atoms with van der Waals surface area (Å²) in [6.45, 7) is 4.85. The summed E-state index contributed by atoms with van der Waals surface area (Å²) in [4.78, 5) is 18.8. The number of amides is 1. The van der Waals surface area contributed by atoms with Gasteiger partial charge in [0.2, 0.25) is 5.91 Å². The molecule has 0 N–H and O–H groups in total. The van der Waals surface area contributed by atoms with Crippen LogP contribution in [-0.4, -0.2) is 47.4 Å². The lowest BCUT2D eigenvalue weighted by molar-refractivity contribution is -0.127. The van der Waals surface area contributed by atoms with Gasteiger partial charge in [-0.2, -0.15) is 0 Å². The standard InChI is InChI=1S/C24H29N3O3S/c1-17(2)19-7-9-20(10-8-19)27-13-12-25-24(27)31-16-23(28)26(3)15-18-6-11-21(29-4)22(14-18)30-5/h6-14,17H,15-16H2,1-5H3. The lowest BCUT2D eigenvalue weighted by Crippen LogP contribution is -2.27. The van der Waals surface area contributed by atoms with Crippen molar-refractivity contribution in [3.8, 4) is 17.2 Å². The number of benzene rings is 2. The maximum atomic E-state index is 12.7. The average molecular weight is 440 g/mol. The molecule has 0 saturated heterocycles. The van der Waals surface area contributed by atoms with E-state index in [0.29, 0.717) is 29.7 Å². The van der Waals surface area contributed by atoms with Crippen LogP contribution in [0.2, 0.25) is 0 Å². The lowest BCUT2D eigenvalue weighted by atomic mass is 10.0. The number of carbonyl (C=O) groups is 1. The van der Waals surface area contributed by atoms with Crippen LogP contribution in [0.25, 0.3) is 5.69 Å². The van der Waals surface area contributed by atoms with Crippen LogP contribution < -0.4 is 9.47 Å². The summed E-state index contributed by atoms with van der Waals surface area (Å²) in [5, 5.41) is 0.796. The molecule has 3 rings (SSSR count). The minimum Gasteiger partial charge on any atom is -0.493 e. The SMILES string of the molecule is COc1ccc(CN(C)C(=O)CSc2nccn2-c2ccc(C(C)C)cc2)cc1OC. The molecule has 6 nitrogen and oxygen atoms in total. The van der Waals surface area contributed by atoms with E-state index in [1.807, 2.05) is 29.0 Å². The van der Waals surface area contributed by atoms with E-state index in [0.717, 1.165) is 16.4 Å². The van der Waals surface area contributed by atoms with Gasteiger partial charge in [0, 0.05) is 31.7 Å². The topological polar surface area (TPSA) is 56.6 Å². The van der Waals surface area contributed by atoms with Crippen LogP contribution >= 0.6 is 11.8 Å². The van der Waals surface area contributed by atoms with Crippen LogP contribution in [0.3, 0.4) is 0 Å². The molecule has 164 valence electrons. The van der Waals surface area contributed by atoms with Crippen molar-refractivity contribution in [2.24, 2.45) is 0 Å². The zero-order chi connectivity index (χ0) is 22.4. The highest BCUT2D eigenvalue weighted by Crippen LogP contribution is 2.28. The van der Waals surface area contributed by atoms with Gasteiger partial charge in [-0.3, -0.25) is 9.36 Å². The van der Waals surface area contributed by atoms with Gasteiger partial charge < -0.3 is 14.4 Å². The first kappa shape index (κ1) is 22.7. The number of methoxy groups -OCH3 is 2. The second-order valence-electron chi connectivity index (χ2n) is 7.55. The fourth-order valence-corrected chi connectivity index (χ4v) is 4.10. The third-order valence-corrected chi connectivity index (χ3v) is 6.01. The first-order chi connectivity index (χ1) is 14.9. The summed E-state index contributed by atoms with van der Waals surface area (Å²) in [7, 11) is 5.01. The fraction of sp³-hybridized carbons (Fsp3) is 0.333. The number of hydrogen-bond acceptors (Lipinski definition) is 5. The molecule has 7 heteroatoms. The molecule has 0 unspecified atom stereocenters. The number of aromatic nitrogens is 2. The molecule has 0 atom stereocenters. The summed E-state index contributed by atoms with van der Waals surface area (Å²) in [6.07, 6.45) is 3.68. The molecule has 1 heterocycles. The van der Waals surface area contributed by atoms with E-state index in [2.05, 4.69) is 43.1 Å². The predicted molar refractivity (Wildman–Crippen MR) is 124 cm³/mol. The molecule has 3 aromatic rings. The van der Waals surface area contributed by atoms with Crippen LogP contribution in [0.4, 0.5) is 0 Å². The van der Waals surface area contributed by atoms with E-state index in [1.54, 1.807) is 32.4 Å². The second kappa shape index (κ2) is 10.4. The van der Waals surface area contributed by atoms with Crippen molar-refractivity contribution < 1.29 is 14.3 Å². The van der Waals surface area contributed by atoms with Gasteiger partial charge in [-0.05, 0) is 41.3 Å². The molecule has 1 amide bonds. The smallest absolute Gasteiger partial charge is 0.233 e. The van der Waals surface area contributed by atoms with Crippen LogP contribution in [-0.2, 0) is 11.3 Å². The van der Waals surface area contributed by atoms with Gasteiger partial charge in [-0.15, -0.1) is 0 Å². The third-order valence-electron chi connectivity index (χ3n) is 5.06. The Balaban J connectivity index is 1.62. The van der Waals surface area contributed by atoms with Gasteiger partial charge in [0.15, 0.2) is 16.7 Å². The Morgan fingerprint density at radius 2 is 1.81 bits per heavy atom. The summed E-state index contributed by atoms with van der Waals surface area (Å²) < 4.78 is 12.6. The third kappa shape index (κ3) is 5.61. The van der Waals surface area contributed by atoms with E-state index in [9.17, 15) is 4.79 Å². The van der Waals surface area contributed by atoms with Gasteiger partial charge >= 0.3 is 0 Å². The Morgan fingerprint density at radius 3 is 2.45 bits per heavy atom. The highest BCUT2D eigenvalue weighted by molar-refractivity contribution is 7.99. The molecule has 0 saturated carbocycles. The van der Waals surface area contributed by atoms with Gasteiger partial charge in [0.1, 0.15) is 0 Å². The molecule has 0 aliphatic carbocycles. The summed E-state index contributed by atoms with van der Waals surface area (Å²) >= 11 is 1.44. The van der Waals surface area contributed by atoms with Crippen LogP contribution in [0.15, 0.2) is 60.0 Å². The van der Waals surface area contributed by atoms with E-state index in [-0.39, 0.29) is 5.91 Å². The monoisotopic (exact) mass is 439 g/mol. The van der Waals surface area contributed by atoms with Crippen LogP contribution in [0.1, 0.15) is 30.9 Å². The Hall–Kier alpha value is -2.93. The molecular weight excluding hydrogens is 410 g/mol. The highest BCUT2D eigenvalue weighted by atomic mass is 32.2. The summed E-state index contributed by atoms with van der Waals surface area (Å²) in [5.41, 5.74) is 3.31. The Morgan fingerprint density at radius 1 is 1.10 bits per heavy atom. The number of nitrogens with zero attached hydrogens (tertiary/aromatic N) is 3. The first-order valence-electron chi connectivity index (χ1n) is 10.1. The van der Waals surface area contributed by atoms with Crippen LogP contribution in [0.5, 0.6) is 11.5 Å². The number of ether oxygens (including phenoxy) is 2.